The lowest BCUT2D eigenvalue weighted by Gasteiger charge is -2.46. The summed E-state index contributed by atoms with van der Waals surface area (Å²) in [5.74, 6) is -0.722. The summed E-state index contributed by atoms with van der Waals surface area (Å²) in [5, 5.41) is 11.7. The van der Waals surface area contributed by atoms with Crippen molar-refractivity contribution in [1.82, 2.24) is 10.2 Å². The van der Waals surface area contributed by atoms with Crippen molar-refractivity contribution >= 4 is 5.97 Å². The molecule has 1 aliphatic heterocycles. The van der Waals surface area contributed by atoms with Crippen molar-refractivity contribution in [3.63, 3.8) is 0 Å². The SMILES string of the molecule is CN(C)C1(CC(=O)O)CNC1. The molecular formula is C7H14N2O2. The molecule has 64 valence electrons. The quantitative estimate of drug-likeness (QED) is 0.574. The van der Waals surface area contributed by atoms with Gasteiger partial charge >= 0.3 is 5.97 Å². The van der Waals surface area contributed by atoms with Crippen LogP contribution in [0.2, 0.25) is 0 Å². The maximum absolute atomic E-state index is 10.5. The van der Waals surface area contributed by atoms with E-state index in [9.17, 15) is 4.79 Å². The molecule has 1 aliphatic rings. The van der Waals surface area contributed by atoms with E-state index in [2.05, 4.69) is 5.32 Å². The second-order valence-corrected chi connectivity index (χ2v) is 3.29. The molecule has 0 atom stereocenters. The standard InChI is InChI=1S/C7H14N2O2/c1-9(2)7(3-6(10)11)4-8-5-7/h8H,3-5H2,1-2H3,(H,10,11). The molecule has 0 bridgehead atoms. The molecule has 4 nitrogen and oxygen atoms in total. The molecule has 2 N–H and O–H groups in total. The van der Waals surface area contributed by atoms with Crippen LogP contribution in [-0.4, -0.2) is 48.7 Å². The Balaban J connectivity index is 2.53. The van der Waals surface area contributed by atoms with Crippen molar-refractivity contribution in [2.75, 3.05) is 27.2 Å². The van der Waals surface area contributed by atoms with Crippen molar-refractivity contribution in [2.24, 2.45) is 0 Å². The third-order valence-corrected chi connectivity index (χ3v) is 2.34. The van der Waals surface area contributed by atoms with Gasteiger partial charge in [0.15, 0.2) is 0 Å². The van der Waals surface area contributed by atoms with Gasteiger partial charge in [-0.25, -0.2) is 0 Å². The van der Waals surface area contributed by atoms with Crippen molar-refractivity contribution < 1.29 is 9.90 Å². The van der Waals surface area contributed by atoms with Crippen LogP contribution < -0.4 is 5.32 Å². The fourth-order valence-electron chi connectivity index (χ4n) is 1.29. The number of aliphatic carboxylic acids is 1. The average molecular weight is 158 g/mol. The van der Waals surface area contributed by atoms with Crippen molar-refractivity contribution in [1.29, 1.82) is 0 Å². The molecule has 1 fully saturated rings. The molecule has 0 radical (unpaired) electrons. The van der Waals surface area contributed by atoms with Crippen LogP contribution in [0.5, 0.6) is 0 Å². The zero-order valence-corrected chi connectivity index (χ0v) is 6.92. The summed E-state index contributed by atoms with van der Waals surface area (Å²) in [7, 11) is 3.84. The highest BCUT2D eigenvalue weighted by molar-refractivity contribution is 5.68. The summed E-state index contributed by atoms with van der Waals surface area (Å²) in [6, 6.07) is 0. The Hall–Kier alpha value is -0.610. The van der Waals surface area contributed by atoms with Gasteiger partial charge in [-0.15, -0.1) is 0 Å². The molecular weight excluding hydrogens is 144 g/mol. The molecule has 0 spiro atoms. The molecule has 1 heterocycles. The molecule has 0 aromatic heterocycles. The van der Waals surface area contributed by atoms with Gasteiger partial charge in [0.1, 0.15) is 0 Å². The monoisotopic (exact) mass is 158 g/mol. The van der Waals surface area contributed by atoms with Gasteiger partial charge in [0.05, 0.1) is 12.0 Å². The van der Waals surface area contributed by atoms with Gasteiger partial charge in [-0.2, -0.15) is 0 Å². The molecule has 0 aromatic carbocycles. The van der Waals surface area contributed by atoms with Crippen LogP contribution in [0.4, 0.5) is 0 Å². The second kappa shape index (κ2) is 2.79. The first-order valence-corrected chi connectivity index (χ1v) is 3.67. The summed E-state index contributed by atoms with van der Waals surface area (Å²) in [5.41, 5.74) is -0.133. The summed E-state index contributed by atoms with van der Waals surface area (Å²) in [4.78, 5) is 12.4. The lowest BCUT2D eigenvalue weighted by molar-refractivity contribution is -0.141. The highest BCUT2D eigenvalue weighted by atomic mass is 16.4. The van der Waals surface area contributed by atoms with Crippen molar-refractivity contribution in [2.45, 2.75) is 12.0 Å². The molecule has 1 saturated heterocycles. The smallest absolute Gasteiger partial charge is 0.305 e. The van der Waals surface area contributed by atoms with E-state index in [1.165, 1.54) is 0 Å². The Morgan fingerprint density at radius 1 is 1.64 bits per heavy atom. The Morgan fingerprint density at radius 3 is 2.27 bits per heavy atom. The summed E-state index contributed by atoms with van der Waals surface area (Å²) in [6.07, 6.45) is 0.229. The van der Waals surface area contributed by atoms with Gasteiger partial charge in [-0.1, -0.05) is 0 Å². The number of hydrogen-bond acceptors (Lipinski definition) is 3. The van der Waals surface area contributed by atoms with E-state index in [1.807, 2.05) is 19.0 Å². The molecule has 1 rings (SSSR count). The van der Waals surface area contributed by atoms with E-state index in [4.69, 9.17) is 5.11 Å². The lowest BCUT2D eigenvalue weighted by Crippen LogP contribution is -2.67. The van der Waals surface area contributed by atoms with E-state index in [1.54, 1.807) is 0 Å². The molecule has 0 aliphatic carbocycles. The van der Waals surface area contributed by atoms with Crippen LogP contribution in [-0.2, 0) is 4.79 Å². The lowest BCUT2D eigenvalue weighted by atomic mass is 9.87. The Morgan fingerprint density at radius 2 is 2.18 bits per heavy atom. The van der Waals surface area contributed by atoms with E-state index < -0.39 is 5.97 Å². The fraction of sp³-hybridized carbons (Fsp3) is 0.857. The maximum atomic E-state index is 10.5. The number of nitrogens with zero attached hydrogens (tertiary/aromatic N) is 1. The summed E-state index contributed by atoms with van der Waals surface area (Å²) < 4.78 is 0. The number of hydrogen-bond donors (Lipinski definition) is 2. The molecule has 0 saturated carbocycles. The minimum absolute atomic E-state index is 0.133. The van der Waals surface area contributed by atoms with Crippen molar-refractivity contribution in [3.8, 4) is 0 Å². The highest BCUT2D eigenvalue weighted by Crippen LogP contribution is 2.21. The second-order valence-electron chi connectivity index (χ2n) is 3.29. The van der Waals surface area contributed by atoms with Gasteiger partial charge in [-0.05, 0) is 14.1 Å². The Labute approximate surface area is 66.2 Å². The Kier molecular flexibility index (Phi) is 2.15. The van der Waals surface area contributed by atoms with Crippen LogP contribution >= 0.6 is 0 Å². The summed E-state index contributed by atoms with van der Waals surface area (Å²) >= 11 is 0. The predicted octanol–water partition coefficient (Wildman–Crippen LogP) is -0.635. The minimum Gasteiger partial charge on any atom is -0.481 e. The van der Waals surface area contributed by atoms with E-state index in [-0.39, 0.29) is 12.0 Å². The first-order chi connectivity index (χ1) is 5.07. The van der Waals surface area contributed by atoms with Gasteiger partial charge in [-0.3, -0.25) is 4.79 Å². The number of nitrogens with one attached hydrogen (secondary N) is 1. The van der Waals surface area contributed by atoms with Gasteiger partial charge in [0, 0.05) is 13.1 Å². The number of carboxylic acids is 1. The Bertz CT molecular complexity index is 164. The number of rotatable bonds is 3. The first kappa shape index (κ1) is 8.49. The molecule has 0 amide bonds. The summed E-state index contributed by atoms with van der Waals surface area (Å²) in [6.45, 7) is 1.57. The van der Waals surface area contributed by atoms with Crippen LogP contribution in [0.3, 0.4) is 0 Å². The van der Waals surface area contributed by atoms with E-state index in [0.29, 0.717) is 0 Å². The van der Waals surface area contributed by atoms with Gasteiger partial charge in [0.25, 0.3) is 0 Å². The zero-order chi connectivity index (χ0) is 8.48. The van der Waals surface area contributed by atoms with Crippen LogP contribution in [0.25, 0.3) is 0 Å². The van der Waals surface area contributed by atoms with Crippen LogP contribution in [0, 0.1) is 0 Å². The topological polar surface area (TPSA) is 52.6 Å². The fourth-order valence-corrected chi connectivity index (χ4v) is 1.29. The number of likely N-dealkylation sites (N-methyl/N-ethyl adjacent to an activating group) is 1. The minimum atomic E-state index is -0.722. The van der Waals surface area contributed by atoms with Crippen molar-refractivity contribution in [3.05, 3.63) is 0 Å². The van der Waals surface area contributed by atoms with Gasteiger partial charge in [0.2, 0.25) is 0 Å². The average Bonchev–Trinajstić information content (AvgIpc) is 1.77. The third-order valence-electron chi connectivity index (χ3n) is 2.34. The predicted molar refractivity (Wildman–Crippen MR) is 41.5 cm³/mol. The number of carboxylic acid groups (broad SMARTS) is 1. The first-order valence-electron chi connectivity index (χ1n) is 3.67. The largest absolute Gasteiger partial charge is 0.481 e. The highest BCUT2D eigenvalue weighted by Gasteiger charge is 2.40. The molecule has 0 unspecified atom stereocenters. The van der Waals surface area contributed by atoms with Gasteiger partial charge < -0.3 is 15.3 Å². The van der Waals surface area contributed by atoms with E-state index >= 15 is 0 Å². The maximum Gasteiger partial charge on any atom is 0.305 e. The zero-order valence-electron chi connectivity index (χ0n) is 6.92. The van der Waals surface area contributed by atoms with Crippen LogP contribution in [0.15, 0.2) is 0 Å². The molecule has 4 heteroatoms. The molecule has 0 aromatic rings. The van der Waals surface area contributed by atoms with E-state index in [0.717, 1.165) is 13.1 Å². The molecule has 11 heavy (non-hydrogen) atoms. The van der Waals surface area contributed by atoms with Crippen LogP contribution in [0.1, 0.15) is 6.42 Å². The third kappa shape index (κ3) is 1.52. The number of carbonyl (C=O) groups is 1. The normalized spacial score (nSPS) is 21.4.